The van der Waals surface area contributed by atoms with Crippen LogP contribution >= 0.6 is 23.1 Å². The van der Waals surface area contributed by atoms with Crippen LogP contribution in [0.25, 0.3) is 21.5 Å². The Morgan fingerprint density at radius 2 is 2.23 bits per heavy atom. The molecule has 0 unspecified atom stereocenters. The van der Waals surface area contributed by atoms with Crippen LogP contribution in [0.2, 0.25) is 5.02 Å². The molecule has 0 radical (unpaired) electrons. The predicted octanol–water partition coefficient (Wildman–Crippen LogP) is 4.09. The van der Waals surface area contributed by atoms with Crippen LogP contribution in [0.15, 0.2) is 36.7 Å². The Hall–Kier alpha value is -3.17. The summed E-state index contributed by atoms with van der Waals surface area (Å²) in [4.78, 5) is 17.3. The summed E-state index contributed by atoms with van der Waals surface area (Å²) in [6.45, 7) is 2.52. The van der Waals surface area contributed by atoms with Crippen molar-refractivity contribution in [1.29, 1.82) is 0 Å². The summed E-state index contributed by atoms with van der Waals surface area (Å²) in [5, 5.41) is 11.6. The van der Waals surface area contributed by atoms with E-state index in [1.807, 2.05) is 25.1 Å². The minimum atomic E-state index is -0.189. The Morgan fingerprint density at radius 3 is 3.07 bits per heavy atom. The van der Waals surface area contributed by atoms with Crippen molar-refractivity contribution in [2.75, 3.05) is 12.4 Å². The van der Waals surface area contributed by atoms with Crippen LogP contribution in [0.1, 0.15) is 17.4 Å². The number of nitrogens with zero attached hydrogens (tertiary/aromatic N) is 4. The second-order valence-electron chi connectivity index (χ2n) is 6.97. The number of carbonyl (C=O) groups is 1. The largest absolute Gasteiger partial charge is 0.493 e. The summed E-state index contributed by atoms with van der Waals surface area (Å²) in [5.74, 6) is 0.304. The third kappa shape index (κ3) is 2.98. The van der Waals surface area contributed by atoms with Gasteiger partial charge in [-0.05, 0) is 36.7 Å². The number of fused-ring (bicyclic) bond motifs is 2. The monoisotopic (exact) mass is 440 g/mol. The van der Waals surface area contributed by atoms with Gasteiger partial charge in [0.25, 0.3) is 5.91 Å². The molecular weight excluding hydrogens is 424 g/mol. The Balaban J connectivity index is 1.74. The molecule has 4 heterocycles. The van der Waals surface area contributed by atoms with Gasteiger partial charge in [-0.1, -0.05) is 17.7 Å². The average molecular weight is 441 g/mol. The molecule has 5 rings (SSSR count). The minimum absolute atomic E-state index is 0.0211. The van der Waals surface area contributed by atoms with Crippen LogP contribution in [0.4, 0.5) is 11.4 Å². The number of anilines is 2. The van der Waals surface area contributed by atoms with Gasteiger partial charge in [-0.25, -0.2) is 0 Å². The zero-order chi connectivity index (χ0) is 20.8. The molecule has 152 valence electrons. The quantitative estimate of drug-likeness (QED) is 0.496. The molecule has 2 N–H and O–H groups in total. The van der Waals surface area contributed by atoms with Gasteiger partial charge in [-0.15, -0.1) is 0 Å². The van der Waals surface area contributed by atoms with Crippen molar-refractivity contribution in [1.82, 2.24) is 24.5 Å². The fraction of sp³-hybridized carbons (Fsp3) is 0.200. The van der Waals surface area contributed by atoms with E-state index in [2.05, 4.69) is 20.0 Å². The van der Waals surface area contributed by atoms with E-state index in [0.29, 0.717) is 40.1 Å². The summed E-state index contributed by atoms with van der Waals surface area (Å²) in [6.07, 6.45) is 3.44. The SMILES string of the molecule is COc1c(Cl)cccc1Nc1c(-c2ccnc3cnsc23)nn2c1C(=O)N[C@H](C)C2. The molecule has 0 saturated heterocycles. The third-order valence-corrected chi connectivity index (χ3v) is 6.05. The first kappa shape index (κ1) is 18.8. The maximum Gasteiger partial charge on any atom is 0.272 e. The number of aromatic nitrogens is 4. The van der Waals surface area contributed by atoms with E-state index < -0.39 is 0 Å². The molecule has 0 bridgehead atoms. The first-order valence-corrected chi connectivity index (χ1v) is 10.4. The Morgan fingerprint density at radius 1 is 1.37 bits per heavy atom. The van der Waals surface area contributed by atoms with Crippen molar-refractivity contribution in [2.45, 2.75) is 19.5 Å². The molecule has 0 fully saturated rings. The van der Waals surface area contributed by atoms with Crippen molar-refractivity contribution in [3.8, 4) is 17.0 Å². The first-order chi connectivity index (χ1) is 14.6. The zero-order valence-electron chi connectivity index (χ0n) is 16.1. The number of rotatable bonds is 4. The molecule has 0 saturated carbocycles. The van der Waals surface area contributed by atoms with Crippen molar-refractivity contribution in [3.63, 3.8) is 0 Å². The van der Waals surface area contributed by atoms with Gasteiger partial charge in [0.05, 0.1) is 40.9 Å². The number of hydrogen-bond acceptors (Lipinski definition) is 7. The highest BCUT2D eigenvalue weighted by Gasteiger charge is 2.31. The molecule has 1 atom stereocenters. The van der Waals surface area contributed by atoms with Crippen LogP contribution in [0, 0.1) is 0 Å². The van der Waals surface area contributed by atoms with Gasteiger partial charge < -0.3 is 15.4 Å². The number of methoxy groups -OCH3 is 1. The van der Waals surface area contributed by atoms with Crippen molar-refractivity contribution in [2.24, 2.45) is 0 Å². The van der Waals surface area contributed by atoms with Crippen LogP contribution in [-0.2, 0) is 6.54 Å². The number of nitrogens with one attached hydrogen (secondary N) is 2. The highest BCUT2D eigenvalue weighted by molar-refractivity contribution is 7.13. The summed E-state index contributed by atoms with van der Waals surface area (Å²) in [6, 6.07) is 7.27. The molecule has 0 aliphatic carbocycles. The van der Waals surface area contributed by atoms with E-state index in [4.69, 9.17) is 21.4 Å². The lowest BCUT2D eigenvalue weighted by Crippen LogP contribution is -2.42. The summed E-state index contributed by atoms with van der Waals surface area (Å²) in [7, 11) is 1.55. The molecule has 30 heavy (non-hydrogen) atoms. The Bertz CT molecular complexity index is 1280. The van der Waals surface area contributed by atoms with E-state index >= 15 is 0 Å². The van der Waals surface area contributed by atoms with Gasteiger partial charge in [0, 0.05) is 17.8 Å². The van der Waals surface area contributed by atoms with Crippen molar-refractivity contribution in [3.05, 3.63) is 47.4 Å². The number of halogens is 1. The summed E-state index contributed by atoms with van der Waals surface area (Å²) < 4.78 is 12.4. The number of ether oxygens (including phenoxy) is 1. The lowest BCUT2D eigenvalue weighted by Gasteiger charge is -2.22. The van der Waals surface area contributed by atoms with Crippen LogP contribution < -0.4 is 15.4 Å². The molecule has 1 aliphatic heterocycles. The van der Waals surface area contributed by atoms with E-state index in [1.165, 1.54) is 11.5 Å². The number of carbonyl (C=O) groups excluding carboxylic acids is 1. The van der Waals surface area contributed by atoms with E-state index in [-0.39, 0.29) is 11.9 Å². The number of pyridine rings is 1. The fourth-order valence-corrected chi connectivity index (χ4v) is 4.62. The molecule has 1 aliphatic rings. The van der Waals surface area contributed by atoms with Gasteiger partial charge in [0.2, 0.25) is 0 Å². The van der Waals surface area contributed by atoms with Gasteiger partial charge in [-0.2, -0.15) is 9.47 Å². The van der Waals surface area contributed by atoms with Crippen molar-refractivity contribution < 1.29 is 9.53 Å². The molecule has 0 spiro atoms. The predicted molar refractivity (Wildman–Crippen MR) is 117 cm³/mol. The van der Waals surface area contributed by atoms with Gasteiger partial charge >= 0.3 is 0 Å². The molecule has 10 heteroatoms. The average Bonchev–Trinajstić information content (AvgIpc) is 3.33. The normalized spacial score (nSPS) is 15.7. The standard InChI is InChI=1S/C20H17ClN6O2S/c1-10-9-27-17(20(28)24-10)16(25-13-5-3-4-12(21)18(13)29-2)15(26-27)11-6-7-22-14-8-23-30-19(11)14/h3-8,10,25H,9H2,1-2H3,(H,24,28)/t10-/m1/s1. The van der Waals surface area contributed by atoms with Gasteiger partial charge in [-0.3, -0.25) is 14.5 Å². The number of hydrogen-bond donors (Lipinski definition) is 2. The van der Waals surface area contributed by atoms with Crippen LogP contribution in [0.3, 0.4) is 0 Å². The van der Waals surface area contributed by atoms with Gasteiger partial charge in [0.1, 0.15) is 16.9 Å². The molecule has 3 aromatic heterocycles. The summed E-state index contributed by atoms with van der Waals surface area (Å²) in [5.41, 5.74) is 3.97. The Kier molecular flexibility index (Phi) is 4.56. The second kappa shape index (κ2) is 7.26. The third-order valence-electron chi connectivity index (χ3n) is 4.93. The lowest BCUT2D eigenvalue weighted by molar-refractivity contribution is 0.0902. The molecule has 4 aromatic rings. The Labute approximate surface area is 181 Å². The molecule has 1 amide bonds. The van der Waals surface area contributed by atoms with E-state index in [9.17, 15) is 4.79 Å². The van der Waals surface area contributed by atoms with E-state index in [1.54, 1.807) is 30.3 Å². The van der Waals surface area contributed by atoms with E-state index in [0.717, 1.165) is 15.8 Å². The smallest absolute Gasteiger partial charge is 0.272 e. The first-order valence-electron chi connectivity index (χ1n) is 9.27. The molecule has 1 aromatic carbocycles. The number of para-hydroxylation sites is 1. The van der Waals surface area contributed by atoms with Crippen LogP contribution in [-0.4, -0.2) is 38.2 Å². The maximum absolute atomic E-state index is 12.9. The molecule has 8 nitrogen and oxygen atoms in total. The van der Waals surface area contributed by atoms with Gasteiger partial charge in [0.15, 0.2) is 5.75 Å². The maximum atomic E-state index is 12.9. The minimum Gasteiger partial charge on any atom is -0.493 e. The lowest BCUT2D eigenvalue weighted by atomic mass is 10.1. The second-order valence-corrected chi connectivity index (χ2v) is 8.18. The van der Waals surface area contributed by atoms with Crippen LogP contribution in [0.5, 0.6) is 5.75 Å². The highest BCUT2D eigenvalue weighted by Crippen LogP contribution is 2.41. The topological polar surface area (TPSA) is 94.0 Å². The fourth-order valence-electron chi connectivity index (χ4n) is 3.65. The zero-order valence-corrected chi connectivity index (χ0v) is 17.7. The summed E-state index contributed by atoms with van der Waals surface area (Å²) >= 11 is 7.65. The molecular formula is C20H17ClN6O2S. The number of amides is 1. The van der Waals surface area contributed by atoms with Crippen molar-refractivity contribution >= 4 is 50.6 Å². The highest BCUT2D eigenvalue weighted by atomic mass is 35.5. The number of benzene rings is 1.